The third kappa shape index (κ3) is 3.54. The van der Waals surface area contributed by atoms with Crippen LogP contribution in [0.15, 0.2) is 6.33 Å². The summed E-state index contributed by atoms with van der Waals surface area (Å²) in [5, 5.41) is 16.9. The van der Waals surface area contributed by atoms with Gasteiger partial charge < -0.3 is 10.6 Å². The highest BCUT2D eigenvalue weighted by Crippen LogP contribution is 2.30. The number of nitrogens with zero attached hydrogens (tertiary/aromatic N) is 3. The van der Waals surface area contributed by atoms with E-state index < -0.39 is 4.92 Å². The van der Waals surface area contributed by atoms with Gasteiger partial charge in [0.05, 0.1) is 4.92 Å². The minimum Gasteiger partial charge on any atom is -0.364 e. The molecule has 1 aromatic heterocycles. The van der Waals surface area contributed by atoms with E-state index in [1.807, 2.05) is 27.7 Å². The molecule has 0 aromatic carbocycles. The van der Waals surface area contributed by atoms with Crippen molar-refractivity contribution in [3.8, 4) is 0 Å². The van der Waals surface area contributed by atoms with Crippen molar-refractivity contribution in [3.05, 3.63) is 16.4 Å². The SMILES string of the molecule is CCNc1ncnc(NC(C)(C)C)c1[N+](=O)[O-]. The predicted molar refractivity (Wildman–Crippen MR) is 66.2 cm³/mol. The van der Waals surface area contributed by atoms with Crippen molar-refractivity contribution in [2.45, 2.75) is 33.2 Å². The smallest absolute Gasteiger partial charge is 0.353 e. The van der Waals surface area contributed by atoms with Gasteiger partial charge in [-0.1, -0.05) is 0 Å². The molecule has 0 amide bonds. The summed E-state index contributed by atoms with van der Waals surface area (Å²) in [6.07, 6.45) is 1.30. The van der Waals surface area contributed by atoms with Crippen molar-refractivity contribution in [1.82, 2.24) is 9.97 Å². The van der Waals surface area contributed by atoms with Crippen LogP contribution >= 0.6 is 0 Å². The summed E-state index contributed by atoms with van der Waals surface area (Å²) in [5.41, 5.74) is -0.424. The highest BCUT2D eigenvalue weighted by atomic mass is 16.6. The standard InChI is InChI=1S/C10H17N5O2/c1-5-11-8-7(15(16)17)9(13-6-12-8)14-10(2,3)4/h6H,5H2,1-4H3,(H2,11,12,13,14). The second-order valence-electron chi connectivity index (χ2n) is 4.58. The molecule has 0 aliphatic carbocycles. The van der Waals surface area contributed by atoms with Gasteiger partial charge in [0.15, 0.2) is 0 Å². The molecule has 0 spiro atoms. The molecule has 1 heterocycles. The quantitative estimate of drug-likeness (QED) is 0.616. The van der Waals surface area contributed by atoms with Crippen molar-refractivity contribution >= 4 is 17.3 Å². The lowest BCUT2D eigenvalue weighted by molar-refractivity contribution is -0.383. The zero-order valence-corrected chi connectivity index (χ0v) is 10.4. The molecule has 0 aliphatic heterocycles. The second-order valence-corrected chi connectivity index (χ2v) is 4.58. The Balaban J connectivity index is 3.20. The van der Waals surface area contributed by atoms with Gasteiger partial charge in [-0.15, -0.1) is 0 Å². The van der Waals surface area contributed by atoms with Crippen molar-refractivity contribution < 1.29 is 4.92 Å². The third-order valence-electron chi connectivity index (χ3n) is 1.84. The van der Waals surface area contributed by atoms with Crippen LogP contribution in [0.3, 0.4) is 0 Å². The molecule has 7 heteroatoms. The van der Waals surface area contributed by atoms with Crippen molar-refractivity contribution in [2.24, 2.45) is 0 Å². The number of rotatable bonds is 4. The summed E-state index contributed by atoms with van der Waals surface area (Å²) >= 11 is 0. The minimum atomic E-state index is -0.480. The fourth-order valence-corrected chi connectivity index (χ4v) is 1.30. The van der Waals surface area contributed by atoms with E-state index in [-0.39, 0.29) is 22.9 Å². The molecule has 1 aromatic rings. The molecule has 1 rings (SSSR count). The molecule has 0 saturated carbocycles. The minimum absolute atomic E-state index is 0.121. The first-order valence-electron chi connectivity index (χ1n) is 5.36. The molecule has 0 saturated heterocycles. The Labute approximate surface area is 99.8 Å². The summed E-state index contributed by atoms with van der Waals surface area (Å²) in [7, 11) is 0. The van der Waals surface area contributed by atoms with Crippen LogP contribution in [-0.4, -0.2) is 27.0 Å². The maximum absolute atomic E-state index is 11.0. The molecule has 0 aliphatic rings. The fourth-order valence-electron chi connectivity index (χ4n) is 1.30. The number of nitrogens with one attached hydrogen (secondary N) is 2. The summed E-state index contributed by atoms with van der Waals surface area (Å²) in [4.78, 5) is 18.4. The lowest BCUT2D eigenvalue weighted by Gasteiger charge is -2.21. The van der Waals surface area contributed by atoms with Crippen molar-refractivity contribution in [1.29, 1.82) is 0 Å². The molecule has 2 N–H and O–H groups in total. The highest BCUT2D eigenvalue weighted by molar-refractivity contribution is 5.69. The number of nitro groups is 1. The van der Waals surface area contributed by atoms with Crippen LogP contribution in [0, 0.1) is 10.1 Å². The average Bonchev–Trinajstić information content (AvgIpc) is 2.15. The number of aromatic nitrogens is 2. The zero-order valence-electron chi connectivity index (χ0n) is 10.4. The molecule has 7 nitrogen and oxygen atoms in total. The number of hydrogen-bond donors (Lipinski definition) is 2. The van der Waals surface area contributed by atoms with E-state index in [1.54, 1.807) is 0 Å². The van der Waals surface area contributed by atoms with Gasteiger partial charge in [-0.05, 0) is 27.7 Å². The number of hydrogen-bond acceptors (Lipinski definition) is 6. The molecule has 0 bridgehead atoms. The molecule has 94 valence electrons. The second kappa shape index (κ2) is 4.94. The van der Waals surface area contributed by atoms with Gasteiger partial charge in [0, 0.05) is 12.1 Å². The van der Waals surface area contributed by atoms with Crippen LogP contribution in [0.4, 0.5) is 17.3 Å². The van der Waals surface area contributed by atoms with Gasteiger partial charge in [-0.3, -0.25) is 10.1 Å². The lowest BCUT2D eigenvalue weighted by Crippen LogP contribution is -2.27. The predicted octanol–water partition coefficient (Wildman–Crippen LogP) is 2.03. The maximum Gasteiger partial charge on any atom is 0.353 e. The van der Waals surface area contributed by atoms with Crippen LogP contribution in [0.25, 0.3) is 0 Å². The van der Waals surface area contributed by atoms with E-state index in [2.05, 4.69) is 20.6 Å². The largest absolute Gasteiger partial charge is 0.364 e. The van der Waals surface area contributed by atoms with Gasteiger partial charge in [-0.2, -0.15) is 0 Å². The van der Waals surface area contributed by atoms with E-state index >= 15 is 0 Å². The first-order valence-corrected chi connectivity index (χ1v) is 5.36. The highest BCUT2D eigenvalue weighted by Gasteiger charge is 2.25. The maximum atomic E-state index is 11.0. The fraction of sp³-hybridized carbons (Fsp3) is 0.600. The molecule has 0 atom stereocenters. The van der Waals surface area contributed by atoms with Gasteiger partial charge >= 0.3 is 5.69 Å². The van der Waals surface area contributed by atoms with E-state index in [9.17, 15) is 10.1 Å². The zero-order chi connectivity index (χ0) is 13.1. The Morgan fingerprint density at radius 1 is 1.35 bits per heavy atom. The molecule has 17 heavy (non-hydrogen) atoms. The van der Waals surface area contributed by atoms with Crippen LogP contribution in [0.5, 0.6) is 0 Å². The summed E-state index contributed by atoms with van der Waals surface area (Å²) in [5.74, 6) is 0.465. The van der Waals surface area contributed by atoms with Crippen LogP contribution in [-0.2, 0) is 0 Å². The summed E-state index contributed by atoms with van der Waals surface area (Å²) in [6, 6.07) is 0. The lowest BCUT2D eigenvalue weighted by atomic mass is 10.1. The van der Waals surface area contributed by atoms with Gasteiger partial charge in [0.1, 0.15) is 6.33 Å². The Bertz CT molecular complexity index is 414. The first kappa shape index (κ1) is 13.1. The Morgan fingerprint density at radius 2 is 1.94 bits per heavy atom. The topological polar surface area (TPSA) is 93.0 Å². The van der Waals surface area contributed by atoms with E-state index in [1.165, 1.54) is 6.33 Å². The van der Waals surface area contributed by atoms with Gasteiger partial charge in [0.2, 0.25) is 11.6 Å². The summed E-state index contributed by atoms with van der Waals surface area (Å²) in [6.45, 7) is 8.14. The van der Waals surface area contributed by atoms with Crippen molar-refractivity contribution in [2.75, 3.05) is 17.2 Å². The molecule has 0 unspecified atom stereocenters. The van der Waals surface area contributed by atoms with E-state index in [0.717, 1.165) is 0 Å². The normalized spacial score (nSPS) is 11.1. The Morgan fingerprint density at radius 3 is 2.41 bits per heavy atom. The number of anilines is 2. The van der Waals surface area contributed by atoms with Gasteiger partial charge in [0.25, 0.3) is 0 Å². The molecular formula is C10H17N5O2. The summed E-state index contributed by atoms with van der Waals surface area (Å²) < 4.78 is 0. The molecule has 0 fully saturated rings. The first-order chi connectivity index (χ1) is 7.85. The van der Waals surface area contributed by atoms with Crippen LogP contribution in [0.1, 0.15) is 27.7 Å². The Hall–Kier alpha value is -1.92. The van der Waals surface area contributed by atoms with E-state index in [0.29, 0.717) is 6.54 Å². The van der Waals surface area contributed by atoms with Crippen LogP contribution < -0.4 is 10.6 Å². The third-order valence-corrected chi connectivity index (χ3v) is 1.84. The average molecular weight is 239 g/mol. The molecular weight excluding hydrogens is 222 g/mol. The van der Waals surface area contributed by atoms with Gasteiger partial charge in [-0.25, -0.2) is 9.97 Å². The van der Waals surface area contributed by atoms with E-state index in [4.69, 9.17) is 0 Å². The van der Waals surface area contributed by atoms with Crippen LogP contribution in [0.2, 0.25) is 0 Å². The monoisotopic (exact) mass is 239 g/mol. The Kier molecular flexibility index (Phi) is 3.82. The molecule has 0 radical (unpaired) electrons. The van der Waals surface area contributed by atoms with Crippen molar-refractivity contribution in [3.63, 3.8) is 0 Å².